The summed E-state index contributed by atoms with van der Waals surface area (Å²) in [5.41, 5.74) is 6.14. The highest BCUT2D eigenvalue weighted by molar-refractivity contribution is 7.89. The topological polar surface area (TPSA) is 118 Å². The highest BCUT2D eigenvalue weighted by Gasteiger charge is 2.30. The number of non-ortho nitro benzene ring substituents is 1. The predicted octanol–water partition coefficient (Wildman–Crippen LogP) is 5.29. The number of nitro benzene ring substituents is 1. The van der Waals surface area contributed by atoms with Crippen molar-refractivity contribution >= 4 is 27.1 Å². The Balaban J connectivity index is 1.27. The van der Waals surface area contributed by atoms with Gasteiger partial charge in [-0.3, -0.25) is 19.8 Å². The number of hydrogen-bond donors (Lipinski definition) is 0. The SMILES string of the molecule is CC(=O)c1ccc(-c2ccc3nc(-c4ccccc4)c(CN4CCN(S(=O)(=O)c5ccc([N+](=O)[O-])cc5)CC4)n3c2)cc1. The van der Waals surface area contributed by atoms with Crippen molar-refractivity contribution in [1.29, 1.82) is 0 Å². The Morgan fingerprint density at radius 3 is 2.12 bits per heavy atom. The van der Waals surface area contributed by atoms with Crippen LogP contribution in [0.5, 0.6) is 0 Å². The molecule has 1 fully saturated rings. The largest absolute Gasteiger partial charge is 0.301 e. The number of fused-ring (bicyclic) bond motifs is 1. The van der Waals surface area contributed by atoms with E-state index >= 15 is 0 Å². The summed E-state index contributed by atoms with van der Waals surface area (Å²) in [6.45, 7) is 3.73. The number of carbonyl (C=O) groups is 1. The van der Waals surface area contributed by atoms with E-state index in [1.807, 2.05) is 66.7 Å². The molecule has 0 aliphatic carbocycles. The fourth-order valence-corrected chi connectivity index (χ4v) is 6.79. The van der Waals surface area contributed by atoms with Gasteiger partial charge in [0.1, 0.15) is 5.65 Å². The van der Waals surface area contributed by atoms with Crippen LogP contribution >= 0.6 is 0 Å². The number of nitro groups is 1. The minimum Gasteiger partial charge on any atom is -0.301 e. The molecule has 2 aromatic heterocycles. The number of nitrogens with zero attached hydrogens (tertiary/aromatic N) is 5. The van der Waals surface area contributed by atoms with Gasteiger partial charge in [-0.15, -0.1) is 0 Å². The lowest BCUT2D eigenvalue weighted by Crippen LogP contribution is -2.48. The summed E-state index contributed by atoms with van der Waals surface area (Å²) in [4.78, 5) is 29.4. The monoisotopic (exact) mass is 595 g/mol. The van der Waals surface area contributed by atoms with Crippen molar-refractivity contribution in [3.63, 3.8) is 0 Å². The quantitative estimate of drug-likeness (QED) is 0.136. The molecule has 218 valence electrons. The molecule has 0 radical (unpaired) electrons. The number of sulfonamides is 1. The van der Waals surface area contributed by atoms with Crippen molar-refractivity contribution in [2.75, 3.05) is 26.2 Å². The van der Waals surface area contributed by atoms with Gasteiger partial charge in [0.15, 0.2) is 5.78 Å². The summed E-state index contributed by atoms with van der Waals surface area (Å²) >= 11 is 0. The first kappa shape index (κ1) is 28.4. The average molecular weight is 596 g/mol. The number of piperazine rings is 1. The fraction of sp³-hybridized carbons (Fsp3) is 0.188. The molecule has 0 unspecified atom stereocenters. The van der Waals surface area contributed by atoms with Crippen LogP contribution in [0.3, 0.4) is 0 Å². The van der Waals surface area contributed by atoms with Gasteiger partial charge in [-0.2, -0.15) is 4.31 Å². The minimum atomic E-state index is -3.78. The number of aromatic nitrogens is 2. The van der Waals surface area contributed by atoms with Crippen molar-refractivity contribution in [2.45, 2.75) is 18.4 Å². The lowest BCUT2D eigenvalue weighted by Gasteiger charge is -2.34. The second-order valence-corrected chi connectivity index (χ2v) is 12.4. The number of pyridine rings is 1. The molecular formula is C32H29N5O5S. The highest BCUT2D eigenvalue weighted by Crippen LogP contribution is 2.29. The van der Waals surface area contributed by atoms with E-state index in [4.69, 9.17) is 4.98 Å². The molecule has 0 amide bonds. The molecule has 1 aliphatic rings. The van der Waals surface area contributed by atoms with Crippen LogP contribution in [0, 0.1) is 10.1 Å². The van der Waals surface area contributed by atoms with Crippen molar-refractivity contribution < 1.29 is 18.1 Å². The number of hydrogen-bond acceptors (Lipinski definition) is 7. The Hall–Kier alpha value is -4.71. The summed E-state index contributed by atoms with van der Waals surface area (Å²) in [6, 6.07) is 26.5. The van der Waals surface area contributed by atoms with Crippen LogP contribution in [0.4, 0.5) is 5.69 Å². The van der Waals surface area contributed by atoms with Crippen LogP contribution in [0.25, 0.3) is 28.0 Å². The van der Waals surface area contributed by atoms with Gasteiger partial charge < -0.3 is 4.40 Å². The summed E-state index contributed by atoms with van der Waals surface area (Å²) in [5, 5.41) is 11.0. The molecule has 1 aliphatic heterocycles. The fourth-order valence-electron chi connectivity index (χ4n) is 5.37. The van der Waals surface area contributed by atoms with E-state index in [9.17, 15) is 23.3 Å². The van der Waals surface area contributed by atoms with E-state index in [-0.39, 0.29) is 16.4 Å². The summed E-state index contributed by atoms with van der Waals surface area (Å²) < 4.78 is 30.0. The van der Waals surface area contributed by atoms with E-state index in [1.165, 1.54) is 28.6 Å². The number of carbonyl (C=O) groups excluding carboxylic acids is 1. The van der Waals surface area contributed by atoms with Crippen molar-refractivity contribution in [3.8, 4) is 22.4 Å². The molecule has 0 bridgehead atoms. The minimum absolute atomic E-state index is 0.0204. The smallest absolute Gasteiger partial charge is 0.269 e. The molecule has 43 heavy (non-hydrogen) atoms. The first-order chi connectivity index (χ1) is 20.7. The second kappa shape index (κ2) is 11.5. The zero-order valence-corrected chi connectivity index (χ0v) is 24.3. The molecule has 0 spiro atoms. The number of rotatable bonds is 8. The van der Waals surface area contributed by atoms with Gasteiger partial charge in [0.2, 0.25) is 10.0 Å². The molecule has 11 heteroatoms. The van der Waals surface area contributed by atoms with Crippen molar-refractivity contribution in [1.82, 2.24) is 18.6 Å². The Bertz CT molecular complexity index is 1910. The van der Waals surface area contributed by atoms with Gasteiger partial charge in [0, 0.05) is 62.2 Å². The third kappa shape index (κ3) is 5.70. The van der Waals surface area contributed by atoms with E-state index in [2.05, 4.69) is 15.5 Å². The number of Topliss-reactive ketones (excluding diaryl/α,β-unsaturated/α-hetero) is 1. The van der Waals surface area contributed by atoms with Gasteiger partial charge >= 0.3 is 0 Å². The van der Waals surface area contributed by atoms with Crippen molar-refractivity contribution in [2.24, 2.45) is 0 Å². The van der Waals surface area contributed by atoms with E-state index in [0.29, 0.717) is 38.3 Å². The molecule has 1 saturated heterocycles. The molecule has 3 heterocycles. The normalized spacial score (nSPS) is 14.6. The standard InChI is InChI=1S/C32H29N5O5S/c1-23(38)24-7-9-25(10-8-24)27-11-16-31-33-32(26-5-3-2-4-6-26)30(36(31)21-27)22-34-17-19-35(20-18-34)43(41,42)29-14-12-28(13-15-29)37(39)40/h2-16,21H,17-20,22H2,1H3. The molecule has 5 aromatic rings. The van der Waals surface area contributed by atoms with Crippen molar-refractivity contribution in [3.05, 3.63) is 119 Å². The van der Waals surface area contributed by atoms with E-state index < -0.39 is 14.9 Å². The maximum absolute atomic E-state index is 13.2. The zero-order chi connectivity index (χ0) is 30.1. The van der Waals surface area contributed by atoms with Crippen LogP contribution in [0.2, 0.25) is 0 Å². The summed E-state index contributed by atoms with van der Waals surface area (Å²) in [6.07, 6.45) is 2.06. The lowest BCUT2D eigenvalue weighted by atomic mass is 10.0. The molecule has 0 N–H and O–H groups in total. The third-order valence-corrected chi connectivity index (χ3v) is 9.69. The number of ketones is 1. The molecule has 0 atom stereocenters. The van der Waals surface area contributed by atoms with E-state index in [1.54, 1.807) is 6.92 Å². The number of imidazole rings is 1. The Morgan fingerprint density at radius 1 is 0.837 bits per heavy atom. The Kier molecular flexibility index (Phi) is 7.61. The summed E-state index contributed by atoms with van der Waals surface area (Å²) in [5.74, 6) is 0.0204. The van der Waals surface area contributed by atoms with E-state index in [0.717, 1.165) is 33.7 Å². The first-order valence-corrected chi connectivity index (χ1v) is 15.3. The molecule has 3 aromatic carbocycles. The maximum Gasteiger partial charge on any atom is 0.269 e. The van der Waals surface area contributed by atoms with Gasteiger partial charge in [-0.25, -0.2) is 13.4 Å². The third-order valence-electron chi connectivity index (χ3n) is 7.78. The van der Waals surface area contributed by atoms with Crippen LogP contribution in [-0.4, -0.2) is 63.9 Å². The van der Waals surface area contributed by atoms with Gasteiger partial charge in [0.25, 0.3) is 5.69 Å². The second-order valence-electron chi connectivity index (χ2n) is 10.5. The maximum atomic E-state index is 13.2. The van der Waals surface area contributed by atoms with Crippen LogP contribution in [-0.2, 0) is 16.6 Å². The molecule has 0 saturated carbocycles. The molecular weight excluding hydrogens is 566 g/mol. The first-order valence-electron chi connectivity index (χ1n) is 13.9. The van der Waals surface area contributed by atoms with Gasteiger partial charge in [-0.05, 0) is 42.3 Å². The van der Waals surface area contributed by atoms with Gasteiger partial charge in [0.05, 0.1) is 21.2 Å². The predicted molar refractivity (Wildman–Crippen MR) is 163 cm³/mol. The van der Waals surface area contributed by atoms with Crippen LogP contribution in [0.15, 0.2) is 102 Å². The molecule has 6 rings (SSSR count). The Labute approximate surface area is 249 Å². The average Bonchev–Trinajstić information content (AvgIpc) is 3.39. The molecule has 10 nitrogen and oxygen atoms in total. The Morgan fingerprint density at radius 2 is 1.49 bits per heavy atom. The number of benzene rings is 3. The zero-order valence-electron chi connectivity index (χ0n) is 23.5. The van der Waals surface area contributed by atoms with Crippen LogP contribution < -0.4 is 0 Å². The van der Waals surface area contributed by atoms with Gasteiger partial charge in [-0.1, -0.05) is 54.6 Å². The highest BCUT2D eigenvalue weighted by atomic mass is 32.2. The van der Waals surface area contributed by atoms with Crippen LogP contribution in [0.1, 0.15) is 23.0 Å². The lowest BCUT2D eigenvalue weighted by molar-refractivity contribution is -0.384. The summed E-state index contributed by atoms with van der Waals surface area (Å²) in [7, 11) is -3.78.